The number of hydrogen-bond donors (Lipinski definition) is 3. The van der Waals surface area contributed by atoms with Crippen molar-refractivity contribution < 1.29 is 18.0 Å². The van der Waals surface area contributed by atoms with Gasteiger partial charge in [0.2, 0.25) is 0 Å². The topological polar surface area (TPSA) is 106 Å². The van der Waals surface area contributed by atoms with E-state index in [-0.39, 0.29) is 33.9 Å². The Balaban J connectivity index is 1.86. The molecule has 0 aliphatic carbocycles. The quantitative estimate of drug-likeness (QED) is 0.506. The standard InChI is InChI=1S/C18H14ClF3N6O/c1-9(29)10-3-2-4-12(5-10)27-16-14(23)17(26-8-25-16)28-15-13(19)6-11(7-24-15)18(20,21)22/h2-8H,23H2,1H3,(H2,24,25,26,27,28). The van der Waals surface area contributed by atoms with Crippen LogP contribution in [0, 0.1) is 0 Å². The number of Topliss-reactive ketones (excluding diaryl/α,β-unsaturated/α-hetero) is 1. The van der Waals surface area contributed by atoms with Gasteiger partial charge in [-0.15, -0.1) is 0 Å². The smallest absolute Gasteiger partial charge is 0.393 e. The summed E-state index contributed by atoms with van der Waals surface area (Å²) in [6, 6.07) is 7.46. The average Bonchev–Trinajstić information content (AvgIpc) is 2.66. The van der Waals surface area contributed by atoms with E-state index in [2.05, 4.69) is 25.6 Å². The zero-order chi connectivity index (χ0) is 21.2. The Kier molecular flexibility index (Phi) is 5.55. The highest BCUT2D eigenvalue weighted by Crippen LogP contribution is 2.34. The number of nitrogens with zero attached hydrogens (tertiary/aromatic N) is 3. The molecule has 0 unspecified atom stereocenters. The average molecular weight is 423 g/mol. The summed E-state index contributed by atoms with van der Waals surface area (Å²) in [5, 5.41) is 5.41. The van der Waals surface area contributed by atoms with E-state index in [0.29, 0.717) is 17.4 Å². The summed E-state index contributed by atoms with van der Waals surface area (Å²) in [4.78, 5) is 23.2. The molecule has 0 amide bonds. The number of pyridine rings is 1. The summed E-state index contributed by atoms with van der Waals surface area (Å²) in [7, 11) is 0. The van der Waals surface area contributed by atoms with E-state index < -0.39 is 11.7 Å². The first-order valence-electron chi connectivity index (χ1n) is 8.13. The van der Waals surface area contributed by atoms with Crippen molar-refractivity contribution >= 4 is 46.2 Å². The summed E-state index contributed by atoms with van der Waals surface area (Å²) in [6.07, 6.45) is -2.71. The van der Waals surface area contributed by atoms with Crippen LogP contribution in [0.15, 0.2) is 42.9 Å². The summed E-state index contributed by atoms with van der Waals surface area (Å²) in [5.74, 6) is 0.176. The summed E-state index contributed by atoms with van der Waals surface area (Å²) < 4.78 is 38.2. The van der Waals surface area contributed by atoms with Gasteiger partial charge in [-0.1, -0.05) is 23.7 Å². The van der Waals surface area contributed by atoms with Gasteiger partial charge in [0.05, 0.1) is 10.6 Å². The second-order valence-electron chi connectivity index (χ2n) is 5.92. The summed E-state index contributed by atoms with van der Waals surface area (Å²) >= 11 is 5.90. The minimum atomic E-state index is -4.56. The van der Waals surface area contributed by atoms with Crippen molar-refractivity contribution in [3.05, 3.63) is 59.0 Å². The molecule has 0 aliphatic heterocycles. The molecular formula is C18H14ClF3N6O. The highest BCUT2D eigenvalue weighted by Gasteiger charge is 2.31. The highest BCUT2D eigenvalue weighted by atomic mass is 35.5. The van der Waals surface area contributed by atoms with Crippen molar-refractivity contribution in [2.24, 2.45) is 0 Å². The van der Waals surface area contributed by atoms with Crippen molar-refractivity contribution in [2.75, 3.05) is 16.4 Å². The largest absolute Gasteiger partial charge is 0.417 e. The lowest BCUT2D eigenvalue weighted by molar-refractivity contribution is -0.137. The second-order valence-corrected chi connectivity index (χ2v) is 6.33. The number of aromatic nitrogens is 3. The van der Waals surface area contributed by atoms with Crippen LogP contribution in [0.25, 0.3) is 0 Å². The van der Waals surface area contributed by atoms with Crippen LogP contribution >= 0.6 is 11.6 Å². The third-order valence-corrected chi connectivity index (χ3v) is 4.11. The third kappa shape index (κ3) is 4.72. The SMILES string of the molecule is CC(=O)c1cccc(Nc2ncnc(Nc3ncc(C(F)(F)F)cc3Cl)c2N)c1. The maximum Gasteiger partial charge on any atom is 0.417 e. The van der Waals surface area contributed by atoms with E-state index >= 15 is 0 Å². The Hall–Kier alpha value is -3.40. The van der Waals surface area contributed by atoms with E-state index in [0.717, 1.165) is 6.07 Å². The fraction of sp³-hybridized carbons (Fsp3) is 0.111. The third-order valence-electron chi connectivity index (χ3n) is 3.82. The molecule has 0 bridgehead atoms. The molecule has 7 nitrogen and oxygen atoms in total. The lowest BCUT2D eigenvalue weighted by Crippen LogP contribution is -2.08. The van der Waals surface area contributed by atoms with Crippen molar-refractivity contribution in [1.29, 1.82) is 0 Å². The number of carbonyl (C=O) groups excluding carboxylic acids is 1. The Morgan fingerprint density at radius 3 is 2.38 bits per heavy atom. The minimum Gasteiger partial charge on any atom is -0.393 e. The number of nitrogen functional groups attached to an aromatic ring is 1. The van der Waals surface area contributed by atoms with Crippen LogP contribution < -0.4 is 16.4 Å². The number of carbonyl (C=O) groups is 1. The van der Waals surface area contributed by atoms with E-state index in [9.17, 15) is 18.0 Å². The fourth-order valence-corrected chi connectivity index (χ4v) is 2.56. The monoisotopic (exact) mass is 422 g/mol. The molecule has 0 atom stereocenters. The normalized spacial score (nSPS) is 11.2. The number of alkyl halides is 3. The van der Waals surface area contributed by atoms with Crippen molar-refractivity contribution in [1.82, 2.24) is 15.0 Å². The van der Waals surface area contributed by atoms with Crippen LogP contribution in [0.4, 0.5) is 42.0 Å². The van der Waals surface area contributed by atoms with Crippen LogP contribution in [0.2, 0.25) is 5.02 Å². The molecular weight excluding hydrogens is 409 g/mol. The predicted octanol–water partition coefficient (Wildman–Crippen LogP) is 4.82. The molecule has 2 aromatic heterocycles. The Labute approximate surface area is 168 Å². The van der Waals surface area contributed by atoms with E-state index in [1.165, 1.54) is 13.3 Å². The molecule has 11 heteroatoms. The molecule has 0 aliphatic rings. The number of benzene rings is 1. The number of ketones is 1. The number of nitrogens with two attached hydrogens (primary N) is 1. The Morgan fingerprint density at radius 1 is 1.07 bits per heavy atom. The molecule has 0 spiro atoms. The minimum absolute atomic E-state index is 0.0467. The molecule has 2 heterocycles. The molecule has 0 radical (unpaired) electrons. The zero-order valence-electron chi connectivity index (χ0n) is 14.9. The van der Waals surface area contributed by atoms with Gasteiger partial charge in [0.1, 0.15) is 17.8 Å². The first-order valence-corrected chi connectivity index (χ1v) is 8.51. The van der Waals surface area contributed by atoms with Crippen LogP contribution in [0.5, 0.6) is 0 Å². The maximum absolute atomic E-state index is 12.7. The molecule has 3 rings (SSSR count). The lowest BCUT2D eigenvalue weighted by atomic mass is 10.1. The van der Waals surface area contributed by atoms with Crippen molar-refractivity contribution in [2.45, 2.75) is 13.1 Å². The Morgan fingerprint density at radius 2 is 1.76 bits per heavy atom. The van der Waals surface area contributed by atoms with E-state index in [1.807, 2.05) is 0 Å². The Bertz CT molecular complexity index is 1070. The van der Waals surface area contributed by atoms with Gasteiger partial charge in [-0.25, -0.2) is 15.0 Å². The van der Waals surface area contributed by atoms with Gasteiger partial charge in [-0.05, 0) is 25.1 Å². The number of rotatable bonds is 5. The number of anilines is 5. The van der Waals surface area contributed by atoms with E-state index in [4.69, 9.17) is 17.3 Å². The van der Waals surface area contributed by atoms with Crippen LogP contribution in [0.1, 0.15) is 22.8 Å². The molecule has 4 N–H and O–H groups in total. The van der Waals surface area contributed by atoms with Crippen molar-refractivity contribution in [3.63, 3.8) is 0 Å². The van der Waals surface area contributed by atoms with Gasteiger partial charge in [0.25, 0.3) is 0 Å². The summed E-state index contributed by atoms with van der Waals surface area (Å²) in [6.45, 7) is 1.45. The predicted molar refractivity (Wildman–Crippen MR) is 104 cm³/mol. The highest BCUT2D eigenvalue weighted by molar-refractivity contribution is 6.33. The first-order chi connectivity index (χ1) is 13.6. The molecule has 29 heavy (non-hydrogen) atoms. The van der Waals surface area contributed by atoms with Crippen molar-refractivity contribution in [3.8, 4) is 0 Å². The molecule has 0 fully saturated rings. The zero-order valence-corrected chi connectivity index (χ0v) is 15.6. The maximum atomic E-state index is 12.7. The van der Waals surface area contributed by atoms with Crippen LogP contribution in [0.3, 0.4) is 0 Å². The van der Waals surface area contributed by atoms with Crippen LogP contribution in [-0.2, 0) is 6.18 Å². The molecule has 3 aromatic rings. The number of nitrogens with one attached hydrogen (secondary N) is 2. The number of hydrogen-bond acceptors (Lipinski definition) is 7. The molecule has 0 saturated carbocycles. The van der Waals surface area contributed by atoms with Gasteiger partial charge in [-0.2, -0.15) is 13.2 Å². The summed E-state index contributed by atoms with van der Waals surface area (Å²) in [5.41, 5.74) is 6.24. The molecule has 1 aromatic carbocycles. The molecule has 0 saturated heterocycles. The first kappa shape index (κ1) is 20.3. The molecule has 150 valence electrons. The van der Waals surface area contributed by atoms with Gasteiger partial charge in [0, 0.05) is 17.4 Å². The van der Waals surface area contributed by atoms with E-state index in [1.54, 1.807) is 24.3 Å². The van der Waals surface area contributed by atoms with Gasteiger partial charge < -0.3 is 16.4 Å². The fourth-order valence-electron chi connectivity index (χ4n) is 2.34. The second kappa shape index (κ2) is 7.92. The van der Waals surface area contributed by atoms with Gasteiger partial charge >= 0.3 is 6.18 Å². The van der Waals surface area contributed by atoms with Gasteiger partial charge in [0.15, 0.2) is 17.4 Å². The van der Waals surface area contributed by atoms with Gasteiger partial charge in [-0.3, -0.25) is 4.79 Å². The lowest BCUT2D eigenvalue weighted by Gasteiger charge is -2.14. The van der Waals surface area contributed by atoms with Crippen LogP contribution in [-0.4, -0.2) is 20.7 Å². The number of halogens is 4.